The second-order valence-electron chi connectivity index (χ2n) is 3.70. The molecule has 0 aliphatic heterocycles. The van der Waals surface area contributed by atoms with Gasteiger partial charge in [0.1, 0.15) is 17.1 Å². The fourth-order valence-corrected chi connectivity index (χ4v) is 1.63. The second kappa shape index (κ2) is 4.40. The van der Waals surface area contributed by atoms with Crippen molar-refractivity contribution >= 4 is 12.3 Å². The van der Waals surface area contributed by atoms with E-state index < -0.39 is 17.3 Å². The summed E-state index contributed by atoms with van der Waals surface area (Å²) in [6, 6.07) is 3.87. The van der Waals surface area contributed by atoms with Crippen LogP contribution in [0.25, 0.3) is 5.69 Å². The van der Waals surface area contributed by atoms with Gasteiger partial charge in [-0.15, -0.1) is 0 Å². The van der Waals surface area contributed by atoms with Gasteiger partial charge in [0, 0.05) is 6.20 Å². The molecule has 0 aliphatic carbocycles. The van der Waals surface area contributed by atoms with Crippen molar-refractivity contribution in [1.82, 2.24) is 9.78 Å². The standard InChI is InChI=1S/C12H9FN2O3/c1-7-5-15(14-9(7)6-16)10-4-2-3-8(13)11(10)12(17)18/h2-6H,1H3,(H,17,18). The second-order valence-corrected chi connectivity index (χ2v) is 3.70. The molecule has 6 heteroatoms. The minimum absolute atomic E-state index is 0.0821. The van der Waals surface area contributed by atoms with Crippen LogP contribution >= 0.6 is 0 Å². The van der Waals surface area contributed by atoms with Crippen molar-refractivity contribution in [3.8, 4) is 5.69 Å². The molecule has 0 saturated heterocycles. The van der Waals surface area contributed by atoms with Crippen LogP contribution in [0.1, 0.15) is 26.4 Å². The maximum absolute atomic E-state index is 13.5. The van der Waals surface area contributed by atoms with Gasteiger partial charge in [-0.1, -0.05) is 6.07 Å². The van der Waals surface area contributed by atoms with Gasteiger partial charge >= 0.3 is 5.97 Å². The SMILES string of the molecule is Cc1cn(-c2cccc(F)c2C(=O)O)nc1C=O. The maximum Gasteiger partial charge on any atom is 0.340 e. The van der Waals surface area contributed by atoms with Crippen LogP contribution in [0.2, 0.25) is 0 Å². The highest BCUT2D eigenvalue weighted by atomic mass is 19.1. The summed E-state index contributed by atoms with van der Waals surface area (Å²) in [7, 11) is 0. The first-order valence-corrected chi connectivity index (χ1v) is 5.08. The van der Waals surface area contributed by atoms with Gasteiger partial charge in [-0.2, -0.15) is 5.10 Å². The Labute approximate surface area is 101 Å². The number of benzene rings is 1. The van der Waals surface area contributed by atoms with Gasteiger partial charge in [-0.25, -0.2) is 13.9 Å². The van der Waals surface area contributed by atoms with E-state index >= 15 is 0 Å². The van der Waals surface area contributed by atoms with E-state index in [0.717, 1.165) is 6.07 Å². The van der Waals surface area contributed by atoms with Crippen LogP contribution in [-0.2, 0) is 0 Å². The third-order valence-corrected chi connectivity index (χ3v) is 2.50. The molecule has 92 valence electrons. The molecule has 1 heterocycles. The van der Waals surface area contributed by atoms with Gasteiger partial charge in [-0.3, -0.25) is 4.79 Å². The number of aromatic carboxylic acids is 1. The van der Waals surface area contributed by atoms with Crippen molar-refractivity contribution in [1.29, 1.82) is 0 Å². The Balaban J connectivity index is 2.66. The molecular weight excluding hydrogens is 239 g/mol. The summed E-state index contributed by atoms with van der Waals surface area (Å²) in [4.78, 5) is 21.7. The quantitative estimate of drug-likeness (QED) is 0.841. The lowest BCUT2D eigenvalue weighted by molar-refractivity contribution is 0.0691. The van der Waals surface area contributed by atoms with Crippen LogP contribution < -0.4 is 0 Å². The summed E-state index contributed by atoms with van der Waals surface area (Å²) in [5.74, 6) is -2.23. The summed E-state index contributed by atoms with van der Waals surface area (Å²) in [5.41, 5.74) is 0.386. The highest BCUT2D eigenvalue weighted by Gasteiger charge is 2.18. The summed E-state index contributed by atoms with van der Waals surface area (Å²) in [6.07, 6.45) is 2.04. The predicted molar refractivity (Wildman–Crippen MR) is 60.6 cm³/mol. The zero-order chi connectivity index (χ0) is 13.3. The van der Waals surface area contributed by atoms with E-state index in [1.165, 1.54) is 23.0 Å². The number of carboxylic acids is 1. The summed E-state index contributed by atoms with van der Waals surface area (Å²) in [5, 5.41) is 12.9. The molecular formula is C12H9FN2O3. The third kappa shape index (κ3) is 1.88. The Morgan fingerprint density at radius 1 is 1.50 bits per heavy atom. The van der Waals surface area contributed by atoms with Crippen molar-refractivity contribution in [2.45, 2.75) is 6.92 Å². The number of nitrogens with zero attached hydrogens (tertiary/aromatic N) is 2. The first-order valence-electron chi connectivity index (χ1n) is 5.08. The molecule has 0 saturated carbocycles. The molecule has 0 unspecified atom stereocenters. The molecule has 1 aromatic heterocycles. The Morgan fingerprint density at radius 3 is 2.78 bits per heavy atom. The van der Waals surface area contributed by atoms with Crippen LogP contribution in [0.5, 0.6) is 0 Å². The predicted octanol–water partition coefficient (Wildman–Crippen LogP) is 1.83. The first-order chi connectivity index (χ1) is 8.54. The highest BCUT2D eigenvalue weighted by Crippen LogP contribution is 2.18. The minimum Gasteiger partial charge on any atom is -0.478 e. The molecule has 2 aromatic rings. The first kappa shape index (κ1) is 12.0. The van der Waals surface area contributed by atoms with Gasteiger partial charge in [0.25, 0.3) is 0 Å². The van der Waals surface area contributed by atoms with Gasteiger partial charge in [0.15, 0.2) is 6.29 Å². The summed E-state index contributed by atoms with van der Waals surface area (Å²) < 4.78 is 14.7. The maximum atomic E-state index is 13.5. The average Bonchev–Trinajstić information content (AvgIpc) is 2.69. The number of aromatic nitrogens is 2. The lowest BCUT2D eigenvalue weighted by atomic mass is 10.1. The monoisotopic (exact) mass is 248 g/mol. The van der Waals surface area contributed by atoms with Crippen molar-refractivity contribution < 1.29 is 19.1 Å². The van der Waals surface area contributed by atoms with E-state index in [2.05, 4.69) is 5.10 Å². The number of carboxylic acid groups (broad SMARTS) is 1. The van der Waals surface area contributed by atoms with Crippen molar-refractivity contribution in [3.63, 3.8) is 0 Å². The fourth-order valence-electron chi connectivity index (χ4n) is 1.63. The van der Waals surface area contributed by atoms with Crippen LogP contribution in [0, 0.1) is 12.7 Å². The van der Waals surface area contributed by atoms with Gasteiger partial charge in [0.05, 0.1) is 5.69 Å². The number of carbonyl (C=O) groups is 2. The molecule has 18 heavy (non-hydrogen) atoms. The molecule has 0 spiro atoms. The molecule has 2 rings (SSSR count). The van der Waals surface area contributed by atoms with Crippen molar-refractivity contribution in [2.75, 3.05) is 0 Å². The van der Waals surface area contributed by atoms with E-state index in [9.17, 15) is 14.0 Å². The van der Waals surface area contributed by atoms with E-state index in [1.54, 1.807) is 6.92 Å². The Hall–Kier alpha value is -2.50. The molecule has 0 radical (unpaired) electrons. The van der Waals surface area contributed by atoms with E-state index in [4.69, 9.17) is 5.11 Å². The number of rotatable bonds is 3. The Bertz CT molecular complexity index is 634. The molecule has 1 aromatic carbocycles. The lowest BCUT2D eigenvalue weighted by Crippen LogP contribution is -2.08. The molecule has 0 aliphatic rings. The van der Waals surface area contributed by atoms with Crippen LogP contribution in [0.4, 0.5) is 4.39 Å². The molecule has 0 amide bonds. The lowest BCUT2D eigenvalue weighted by Gasteiger charge is -2.06. The number of hydrogen-bond acceptors (Lipinski definition) is 3. The third-order valence-electron chi connectivity index (χ3n) is 2.50. The topological polar surface area (TPSA) is 72.2 Å². The summed E-state index contributed by atoms with van der Waals surface area (Å²) in [6.45, 7) is 1.66. The smallest absolute Gasteiger partial charge is 0.340 e. The normalized spacial score (nSPS) is 10.3. The highest BCUT2D eigenvalue weighted by molar-refractivity contribution is 5.92. The van der Waals surface area contributed by atoms with Gasteiger partial charge in [0.2, 0.25) is 0 Å². The van der Waals surface area contributed by atoms with E-state index in [1.807, 2.05) is 0 Å². The van der Waals surface area contributed by atoms with Crippen molar-refractivity contribution in [2.24, 2.45) is 0 Å². The Morgan fingerprint density at radius 2 is 2.22 bits per heavy atom. The van der Waals surface area contributed by atoms with E-state index in [-0.39, 0.29) is 11.4 Å². The van der Waals surface area contributed by atoms with Gasteiger partial charge < -0.3 is 5.11 Å². The van der Waals surface area contributed by atoms with Gasteiger partial charge in [-0.05, 0) is 24.6 Å². The zero-order valence-electron chi connectivity index (χ0n) is 9.42. The van der Waals surface area contributed by atoms with Crippen LogP contribution in [-0.4, -0.2) is 27.1 Å². The molecule has 1 N–H and O–H groups in total. The number of halogens is 1. The largest absolute Gasteiger partial charge is 0.478 e. The molecule has 0 fully saturated rings. The van der Waals surface area contributed by atoms with Crippen molar-refractivity contribution in [3.05, 3.63) is 47.0 Å². The summed E-state index contributed by atoms with van der Waals surface area (Å²) >= 11 is 0. The van der Waals surface area contributed by atoms with Crippen LogP contribution in [0.3, 0.4) is 0 Å². The number of aldehydes is 1. The Kier molecular flexibility index (Phi) is 2.93. The molecule has 0 atom stereocenters. The fraction of sp³-hybridized carbons (Fsp3) is 0.0833. The number of aryl methyl sites for hydroxylation is 1. The number of hydrogen-bond donors (Lipinski definition) is 1. The molecule has 0 bridgehead atoms. The number of carbonyl (C=O) groups excluding carboxylic acids is 1. The van der Waals surface area contributed by atoms with Crippen LogP contribution in [0.15, 0.2) is 24.4 Å². The average molecular weight is 248 g/mol. The molecule has 5 nitrogen and oxygen atoms in total. The minimum atomic E-state index is -1.39. The zero-order valence-corrected chi connectivity index (χ0v) is 9.42. The van der Waals surface area contributed by atoms with E-state index in [0.29, 0.717) is 11.8 Å².